The molecule has 0 bridgehead atoms. The number of ether oxygens (including phenoxy) is 1. The van der Waals surface area contributed by atoms with Crippen molar-refractivity contribution in [1.82, 2.24) is 10.4 Å². The van der Waals surface area contributed by atoms with Crippen molar-refractivity contribution in [2.75, 3.05) is 13.7 Å². The number of carbonyl (C=O) groups excluding carboxylic acids is 1. The number of hydrogen-bond donors (Lipinski definition) is 1. The fraction of sp³-hybridized carbons (Fsp3) is 0.625. The molecular formula is C24H28F6N4O3. The minimum atomic E-state index is -3.55. The van der Waals surface area contributed by atoms with Gasteiger partial charge in [0.1, 0.15) is 35.2 Å². The van der Waals surface area contributed by atoms with Gasteiger partial charge in [0.05, 0.1) is 17.2 Å². The van der Waals surface area contributed by atoms with Crippen molar-refractivity contribution in [2.45, 2.75) is 76.0 Å². The van der Waals surface area contributed by atoms with Crippen LogP contribution in [0.25, 0.3) is 0 Å². The van der Waals surface area contributed by atoms with Crippen molar-refractivity contribution < 1.29 is 40.7 Å². The Kier molecular flexibility index (Phi) is 7.57. The summed E-state index contributed by atoms with van der Waals surface area (Å²) >= 11 is 0. The molecule has 0 aromatic heterocycles. The molecule has 37 heavy (non-hydrogen) atoms. The van der Waals surface area contributed by atoms with E-state index in [1.165, 1.54) is 19.9 Å². The number of nitrogens with one attached hydrogen (secondary N) is 1. The highest BCUT2D eigenvalue weighted by atomic mass is 19.3. The summed E-state index contributed by atoms with van der Waals surface area (Å²) in [6.07, 6.45) is -2.73. The number of halogens is 6. The van der Waals surface area contributed by atoms with Gasteiger partial charge in [-0.2, -0.15) is 13.2 Å². The molecule has 1 saturated carbocycles. The number of amidine groups is 2. The van der Waals surface area contributed by atoms with Crippen LogP contribution in [-0.4, -0.2) is 66.2 Å². The number of hydroxylamine groups is 1. The number of likely N-dealkylation sites (N-methyl/N-ethyl adjacent to an activating group) is 1. The van der Waals surface area contributed by atoms with Crippen molar-refractivity contribution in [3.8, 4) is 0 Å². The summed E-state index contributed by atoms with van der Waals surface area (Å²) in [5.74, 6) is -8.36. The van der Waals surface area contributed by atoms with Crippen LogP contribution in [-0.2, 0) is 14.4 Å². The number of allylic oxidation sites excluding steroid dienone is 1. The normalized spacial score (nSPS) is 28.8. The molecule has 4 aliphatic rings. The summed E-state index contributed by atoms with van der Waals surface area (Å²) in [7, 11) is 1.11. The van der Waals surface area contributed by atoms with Crippen molar-refractivity contribution in [1.29, 1.82) is 0 Å². The summed E-state index contributed by atoms with van der Waals surface area (Å²) in [4.78, 5) is 26.7. The summed E-state index contributed by atoms with van der Waals surface area (Å²) in [6, 6.07) is 0. The lowest BCUT2D eigenvalue weighted by molar-refractivity contribution is -0.134. The first-order valence-electron chi connectivity index (χ1n) is 12.0. The van der Waals surface area contributed by atoms with Gasteiger partial charge in [0.25, 0.3) is 12.3 Å². The van der Waals surface area contributed by atoms with Gasteiger partial charge >= 0.3 is 5.92 Å². The predicted octanol–water partition coefficient (Wildman–Crippen LogP) is 4.78. The zero-order valence-corrected chi connectivity index (χ0v) is 20.5. The standard InChI is InChI=1S/C24H28F6N4O3/c1-12-19(18(26)21(35)34(3)23(9-10-23)22(27)28)31-13(2)32-20(12)33-37-15-7-4-6-14(17(15)25)24(29,30)16-8-5-11-36-16/h4,6,12,15-16,22H,5,7-11H2,1-3H3,(H,31,32,33)/b19-18-/t12?,15?,16-/m0/s1. The molecule has 7 nitrogen and oxygen atoms in total. The maximum atomic E-state index is 15.2. The number of hydrogen-bond acceptors (Lipinski definition) is 6. The SMILES string of the molecule is CC1=N/C(=C(\F)C(=O)N(C)C2(C(F)F)CC2)C(C)C(NOC2CC=CC(C(F)(F)[C@@H]3CCCO3)=C2F)=N1. The third-order valence-electron chi connectivity index (χ3n) is 7.11. The molecule has 0 spiro atoms. The second-order valence-corrected chi connectivity index (χ2v) is 9.58. The average Bonchev–Trinajstić information content (AvgIpc) is 3.48. The van der Waals surface area contributed by atoms with E-state index in [1.807, 2.05) is 0 Å². The van der Waals surface area contributed by atoms with Crippen LogP contribution >= 0.6 is 0 Å². The fourth-order valence-electron chi connectivity index (χ4n) is 4.54. The van der Waals surface area contributed by atoms with Gasteiger partial charge in [-0.1, -0.05) is 12.2 Å². The summed E-state index contributed by atoms with van der Waals surface area (Å²) in [6.45, 7) is 3.00. The molecule has 3 atom stereocenters. The van der Waals surface area contributed by atoms with Crippen LogP contribution in [0.5, 0.6) is 0 Å². The van der Waals surface area contributed by atoms with Crippen molar-refractivity contribution >= 4 is 17.6 Å². The van der Waals surface area contributed by atoms with E-state index in [4.69, 9.17) is 9.57 Å². The number of nitrogens with zero attached hydrogens (tertiary/aromatic N) is 3. The smallest absolute Gasteiger partial charge is 0.301 e. The number of carbonyl (C=O) groups is 1. The van der Waals surface area contributed by atoms with Crippen LogP contribution in [0.3, 0.4) is 0 Å². The van der Waals surface area contributed by atoms with Crippen molar-refractivity contribution in [3.63, 3.8) is 0 Å². The van der Waals surface area contributed by atoms with E-state index in [0.29, 0.717) is 11.3 Å². The molecule has 0 radical (unpaired) electrons. The van der Waals surface area contributed by atoms with E-state index < -0.39 is 59.1 Å². The van der Waals surface area contributed by atoms with Crippen LogP contribution in [0, 0.1) is 5.92 Å². The molecule has 1 amide bonds. The monoisotopic (exact) mass is 534 g/mol. The topological polar surface area (TPSA) is 75.5 Å². The first kappa shape index (κ1) is 27.4. The lowest BCUT2D eigenvalue weighted by atomic mass is 9.94. The molecule has 13 heteroatoms. The lowest BCUT2D eigenvalue weighted by Crippen LogP contribution is -2.45. The number of rotatable bonds is 7. The Morgan fingerprint density at radius 1 is 1.32 bits per heavy atom. The molecule has 2 heterocycles. The second-order valence-electron chi connectivity index (χ2n) is 9.58. The van der Waals surface area contributed by atoms with E-state index >= 15 is 8.78 Å². The van der Waals surface area contributed by atoms with Crippen molar-refractivity contribution in [3.05, 3.63) is 35.1 Å². The summed E-state index contributed by atoms with van der Waals surface area (Å²) in [5, 5.41) is 0. The van der Waals surface area contributed by atoms with Gasteiger partial charge in [-0.25, -0.2) is 23.2 Å². The van der Waals surface area contributed by atoms with E-state index in [1.54, 1.807) is 0 Å². The summed E-state index contributed by atoms with van der Waals surface area (Å²) in [5.41, 5.74) is -0.507. The van der Waals surface area contributed by atoms with Crippen LogP contribution in [0.15, 0.2) is 45.1 Å². The zero-order chi connectivity index (χ0) is 27.1. The number of amides is 1. The number of alkyl halides is 4. The molecule has 1 N–H and O–H groups in total. The van der Waals surface area contributed by atoms with Crippen LogP contribution in [0.2, 0.25) is 0 Å². The molecule has 2 aliphatic carbocycles. The summed E-state index contributed by atoms with van der Waals surface area (Å²) < 4.78 is 91.8. The van der Waals surface area contributed by atoms with Gasteiger partial charge in [0, 0.05) is 20.1 Å². The molecule has 1 saturated heterocycles. The molecule has 2 unspecified atom stereocenters. The molecule has 4 rings (SSSR count). The van der Waals surface area contributed by atoms with Gasteiger partial charge in [0.15, 0.2) is 0 Å². The van der Waals surface area contributed by atoms with Gasteiger partial charge in [0.2, 0.25) is 5.83 Å². The van der Waals surface area contributed by atoms with Gasteiger partial charge in [-0.3, -0.25) is 15.1 Å². The quantitative estimate of drug-likeness (QED) is 0.290. The third-order valence-corrected chi connectivity index (χ3v) is 7.11. The Morgan fingerprint density at radius 2 is 2.03 bits per heavy atom. The highest BCUT2D eigenvalue weighted by molar-refractivity contribution is 6.03. The first-order chi connectivity index (χ1) is 17.4. The third kappa shape index (κ3) is 5.07. The molecule has 2 fully saturated rings. The van der Waals surface area contributed by atoms with E-state index in [-0.39, 0.29) is 49.7 Å². The van der Waals surface area contributed by atoms with Gasteiger partial charge < -0.3 is 9.64 Å². The minimum absolute atomic E-state index is 0.0185. The Balaban J connectivity index is 1.49. The molecular weight excluding hydrogens is 506 g/mol. The highest BCUT2D eigenvalue weighted by Gasteiger charge is 2.57. The minimum Gasteiger partial charge on any atom is -0.372 e. The van der Waals surface area contributed by atoms with E-state index in [9.17, 15) is 22.4 Å². The van der Waals surface area contributed by atoms with Gasteiger partial charge in [-0.15, -0.1) is 0 Å². The van der Waals surface area contributed by atoms with Crippen LogP contribution in [0.1, 0.15) is 46.0 Å². The fourth-order valence-corrected chi connectivity index (χ4v) is 4.54. The first-order valence-corrected chi connectivity index (χ1v) is 12.0. The van der Waals surface area contributed by atoms with Crippen LogP contribution in [0.4, 0.5) is 26.3 Å². The Hall–Kier alpha value is -2.67. The zero-order valence-electron chi connectivity index (χ0n) is 20.5. The second kappa shape index (κ2) is 10.2. The molecule has 204 valence electrons. The Morgan fingerprint density at radius 3 is 2.62 bits per heavy atom. The Labute approximate surface area is 209 Å². The highest BCUT2D eigenvalue weighted by Crippen LogP contribution is 2.47. The Bertz CT molecular complexity index is 1090. The largest absolute Gasteiger partial charge is 0.372 e. The van der Waals surface area contributed by atoms with Gasteiger partial charge in [-0.05, 0) is 39.5 Å². The lowest BCUT2D eigenvalue weighted by Gasteiger charge is -2.29. The maximum Gasteiger partial charge on any atom is 0.301 e. The van der Waals surface area contributed by atoms with Crippen LogP contribution < -0.4 is 5.48 Å². The van der Waals surface area contributed by atoms with E-state index in [0.717, 1.165) is 13.1 Å². The maximum absolute atomic E-state index is 15.2. The number of aliphatic imine (C=N–C) groups is 2. The molecule has 0 aromatic carbocycles. The van der Waals surface area contributed by atoms with E-state index in [2.05, 4.69) is 15.5 Å². The predicted molar refractivity (Wildman–Crippen MR) is 122 cm³/mol. The van der Waals surface area contributed by atoms with Crippen molar-refractivity contribution in [2.24, 2.45) is 15.9 Å². The average molecular weight is 535 g/mol. The molecule has 2 aliphatic heterocycles. The molecule has 0 aromatic rings.